The number of carbonyl (C=O) groups is 2. The molecule has 0 unspecified atom stereocenters. The minimum Gasteiger partial charge on any atom is -0.482 e. The van der Waals surface area contributed by atoms with Crippen molar-refractivity contribution in [1.82, 2.24) is 10.2 Å². The van der Waals surface area contributed by atoms with Gasteiger partial charge in [-0.15, -0.1) is 0 Å². The molecule has 1 saturated heterocycles. The Balaban J connectivity index is 1.24. The van der Waals surface area contributed by atoms with Crippen LogP contribution in [0.1, 0.15) is 30.4 Å². The molecule has 2 aliphatic rings. The van der Waals surface area contributed by atoms with E-state index in [1.54, 1.807) is 4.90 Å². The maximum Gasteiger partial charge on any atom is 0.265 e. The molecule has 0 saturated carbocycles. The quantitative estimate of drug-likeness (QED) is 0.786. The van der Waals surface area contributed by atoms with Crippen LogP contribution in [0.15, 0.2) is 48.5 Å². The van der Waals surface area contributed by atoms with Crippen LogP contribution in [0, 0.1) is 0 Å². The zero-order valence-corrected chi connectivity index (χ0v) is 16.6. The number of para-hydroxylation sites is 2. The standard InChI is InChI=1S/C23H27N3O3/c27-22(11-14-26-20-5-1-2-6-21(20)29-17-23(26)28)24-15-18-7-9-19(10-8-18)16-25-12-3-4-13-25/h1-2,5-10H,3-4,11-17H2,(H,24,27). The highest BCUT2D eigenvalue weighted by Crippen LogP contribution is 2.31. The van der Waals surface area contributed by atoms with Crippen molar-refractivity contribution in [2.75, 3.05) is 31.1 Å². The average molecular weight is 393 g/mol. The first-order valence-electron chi connectivity index (χ1n) is 10.3. The van der Waals surface area contributed by atoms with Gasteiger partial charge < -0.3 is 15.0 Å². The van der Waals surface area contributed by atoms with Crippen LogP contribution >= 0.6 is 0 Å². The number of nitrogens with one attached hydrogen (secondary N) is 1. The lowest BCUT2D eigenvalue weighted by molar-refractivity contribution is -0.122. The van der Waals surface area contributed by atoms with Crippen molar-refractivity contribution in [3.05, 3.63) is 59.7 Å². The first-order chi connectivity index (χ1) is 14.2. The van der Waals surface area contributed by atoms with E-state index >= 15 is 0 Å². The maximum absolute atomic E-state index is 12.3. The van der Waals surface area contributed by atoms with Gasteiger partial charge in [-0.1, -0.05) is 36.4 Å². The van der Waals surface area contributed by atoms with Crippen LogP contribution in [-0.4, -0.2) is 43.0 Å². The fraction of sp³-hybridized carbons (Fsp3) is 0.391. The van der Waals surface area contributed by atoms with Crippen molar-refractivity contribution in [3.63, 3.8) is 0 Å². The summed E-state index contributed by atoms with van der Waals surface area (Å²) >= 11 is 0. The second kappa shape index (κ2) is 9.09. The summed E-state index contributed by atoms with van der Waals surface area (Å²) in [6, 6.07) is 15.8. The topological polar surface area (TPSA) is 61.9 Å². The van der Waals surface area contributed by atoms with Crippen LogP contribution in [0.4, 0.5) is 5.69 Å². The lowest BCUT2D eigenvalue weighted by Crippen LogP contribution is -2.41. The van der Waals surface area contributed by atoms with Gasteiger partial charge in [0.1, 0.15) is 5.75 Å². The van der Waals surface area contributed by atoms with E-state index in [0.29, 0.717) is 18.8 Å². The van der Waals surface area contributed by atoms with Crippen LogP contribution in [0.25, 0.3) is 0 Å². The molecule has 6 heteroatoms. The Morgan fingerprint density at radius 1 is 1.00 bits per heavy atom. The van der Waals surface area contributed by atoms with E-state index in [2.05, 4.69) is 34.5 Å². The molecular weight excluding hydrogens is 366 g/mol. The Kier molecular flexibility index (Phi) is 6.10. The predicted molar refractivity (Wildman–Crippen MR) is 112 cm³/mol. The van der Waals surface area contributed by atoms with Crippen LogP contribution in [0.5, 0.6) is 5.75 Å². The van der Waals surface area contributed by atoms with Gasteiger partial charge in [-0.25, -0.2) is 0 Å². The Morgan fingerprint density at radius 3 is 2.52 bits per heavy atom. The van der Waals surface area contributed by atoms with Crippen LogP contribution < -0.4 is 15.0 Å². The largest absolute Gasteiger partial charge is 0.482 e. The van der Waals surface area contributed by atoms with Crippen molar-refractivity contribution in [3.8, 4) is 5.75 Å². The number of likely N-dealkylation sites (tertiary alicyclic amines) is 1. The van der Waals surface area contributed by atoms with Gasteiger partial charge in [-0.2, -0.15) is 0 Å². The summed E-state index contributed by atoms with van der Waals surface area (Å²) in [6.45, 7) is 4.24. The number of fused-ring (bicyclic) bond motifs is 1. The summed E-state index contributed by atoms with van der Waals surface area (Å²) in [5, 5.41) is 2.95. The summed E-state index contributed by atoms with van der Waals surface area (Å²) < 4.78 is 5.43. The molecule has 0 atom stereocenters. The molecule has 2 amide bonds. The molecule has 29 heavy (non-hydrogen) atoms. The molecule has 1 N–H and O–H groups in total. The van der Waals surface area contributed by atoms with Crippen molar-refractivity contribution >= 4 is 17.5 Å². The Bertz CT molecular complexity index is 860. The number of hydrogen-bond acceptors (Lipinski definition) is 4. The van der Waals surface area contributed by atoms with E-state index < -0.39 is 0 Å². The van der Waals surface area contributed by atoms with Crippen LogP contribution in [0.2, 0.25) is 0 Å². The Labute approximate surface area is 171 Å². The second-order valence-electron chi connectivity index (χ2n) is 7.63. The van der Waals surface area contributed by atoms with Gasteiger partial charge in [0.05, 0.1) is 5.69 Å². The van der Waals surface area contributed by atoms with E-state index in [1.165, 1.54) is 31.5 Å². The molecule has 2 aromatic rings. The monoisotopic (exact) mass is 393 g/mol. The molecule has 2 aliphatic heterocycles. The van der Waals surface area contributed by atoms with E-state index in [-0.39, 0.29) is 24.8 Å². The summed E-state index contributed by atoms with van der Waals surface area (Å²) in [5.41, 5.74) is 3.12. The van der Waals surface area contributed by atoms with Crippen molar-refractivity contribution in [1.29, 1.82) is 0 Å². The number of anilines is 1. The van der Waals surface area contributed by atoms with E-state index in [1.807, 2.05) is 24.3 Å². The molecule has 152 valence electrons. The molecule has 0 spiro atoms. The van der Waals surface area contributed by atoms with Crippen LogP contribution in [-0.2, 0) is 22.7 Å². The lowest BCUT2D eigenvalue weighted by Gasteiger charge is -2.29. The molecule has 6 nitrogen and oxygen atoms in total. The summed E-state index contributed by atoms with van der Waals surface area (Å²) in [6.07, 6.45) is 2.85. The summed E-state index contributed by atoms with van der Waals surface area (Å²) in [4.78, 5) is 28.6. The molecule has 1 fully saturated rings. The molecule has 0 aliphatic carbocycles. The number of nitrogens with zero attached hydrogens (tertiary/aromatic N) is 2. The number of rotatable bonds is 7. The Morgan fingerprint density at radius 2 is 1.72 bits per heavy atom. The number of hydrogen-bond donors (Lipinski definition) is 1. The molecule has 4 rings (SSSR count). The van der Waals surface area contributed by atoms with Gasteiger partial charge in [0.25, 0.3) is 5.91 Å². The molecular formula is C23H27N3O3. The smallest absolute Gasteiger partial charge is 0.265 e. The highest BCUT2D eigenvalue weighted by atomic mass is 16.5. The number of ether oxygens (including phenoxy) is 1. The third-order valence-electron chi connectivity index (χ3n) is 5.49. The minimum absolute atomic E-state index is 0.0163. The molecule has 0 radical (unpaired) electrons. The highest BCUT2D eigenvalue weighted by Gasteiger charge is 2.25. The highest BCUT2D eigenvalue weighted by molar-refractivity contribution is 5.98. The number of carbonyl (C=O) groups excluding carboxylic acids is 2. The van der Waals surface area contributed by atoms with Crippen LogP contribution in [0.3, 0.4) is 0 Å². The first-order valence-corrected chi connectivity index (χ1v) is 10.3. The molecule has 2 aromatic carbocycles. The van der Waals surface area contributed by atoms with E-state index in [9.17, 15) is 9.59 Å². The molecule has 0 aromatic heterocycles. The zero-order valence-electron chi connectivity index (χ0n) is 16.6. The number of benzene rings is 2. The maximum atomic E-state index is 12.3. The normalized spacial score (nSPS) is 16.4. The van der Waals surface area contributed by atoms with Crippen molar-refractivity contribution in [2.24, 2.45) is 0 Å². The molecule has 2 heterocycles. The molecule has 0 bridgehead atoms. The SMILES string of the molecule is O=C(CCN1C(=O)COc2ccccc21)NCc1ccc(CN2CCCC2)cc1. The van der Waals surface area contributed by atoms with Gasteiger partial charge in [-0.05, 0) is 49.2 Å². The zero-order chi connectivity index (χ0) is 20.1. The van der Waals surface area contributed by atoms with Gasteiger partial charge in [0.2, 0.25) is 5.91 Å². The summed E-state index contributed by atoms with van der Waals surface area (Å²) in [5.74, 6) is 0.495. The Hall–Kier alpha value is -2.86. The average Bonchev–Trinajstić information content (AvgIpc) is 3.25. The summed E-state index contributed by atoms with van der Waals surface area (Å²) in [7, 11) is 0. The van der Waals surface area contributed by atoms with Crippen molar-refractivity contribution in [2.45, 2.75) is 32.4 Å². The van der Waals surface area contributed by atoms with Gasteiger partial charge >= 0.3 is 0 Å². The second-order valence-corrected chi connectivity index (χ2v) is 7.63. The van der Waals surface area contributed by atoms with Gasteiger partial charge in [-0.3, -0.25) is 14.5 Å². The third kappa shape index (κ3) is 4.95. The predicted octanol–water partition coefficient (Wildman–Crippen LogP) is 2.71. The van der Waals surface area contributed by atoms with E-state index in [0.717, 1.165) is 17.8 Å². The van der Waals surface area contributed by atoms with Gasteiger partial charge in [0.15, 0.2) is 6.61 Å². The fourth-order valence-electron chi connectivity index (χ4n) is 3.86. The first kappa shape index (κ1) is 19.5. The van der Waals surface area contributed by atoms with Gasteiger partial charge in [0, 0.05) is 26.1 Å². The van der Waals surface area contributed by atoms with Crippen molar-refractivity contribution < 1.29 is 14.3 Å². The third-order valence-corrected chi connectivity index (χ3v) is 5.49. The number of amides is 2. The fourth-order valence-corrected chi connectivity index (χ4v) is 3.86. The van der Waals surface area contributed by atoms with E-state index in [4.69, 9.17) is 4.74 Å². The lowest BCUT2D eigenvalue weighted by atomic mass is 10.1. The minimum atomic E-state index is -0.120.